The summed E-state index contributed by atoms with van der Waals surface area (Å²) in [5.41, 5.74) is -0.661. The minimum atomic E-state index is -4.53. The first-order valence-electron chi connectivity index (χ1n) is 3.79. The van der Waals surface area contributed by atoms with Crippen LogP contribution in [0.15, 0.2) is 16.6 Å². The van der Waals surface area contributed by atoms with Crippen molar-refractivity contribution in [3.05, 3.63) is 32.8 Å². The van der Waals surface area contributed by atoms with Crippen molar-refractivity contribution >= 4 is 27.5 Å². The molecule has 0 atom stereocenters. The summed E-state index contributed by atoms with van der Waals surface area (Å²) in [5.74, 6) is 0. The van der Waals surface area contributed by atoms with Gasteiger partial charge in [0.25, 0.3) is 0 Å². The summed E-state index contributed by atoms with van der Waals surface area (Å²) in [6, 6.07) is 4.32. The number of hydrogen-bond acceptors (Lipinski definition) is 1. The lowest BCUT2D eigenvalue weighted by Gasteiger charge is -2.13. The SMILES string of the molecule is N#CCc1ccc(Cl)c(C(F)(F)F)c1Br. The van der Waals surface area contributed by atoms with Crippen LogP contribution in [0.25, 0.3) is 0 Å². The smallest absolute Gasteiger partial charge is 0.198 e. The molecule has 0 saturated carbocycles. The molecule has 1 aromatic rings. The van der Waals surface area contributed by atoms with Crippen molar-refractivity contribution in [2.75, 3.05) is 0 Å². The minimum absolute atomic E-state index is 0.0964. The normalized spacial score (nSPS) is 11.2. The van der Waals surface area contributed by atoms with Crippen LogP contribution in [-0.4, -0.2) is 0 Å². The van der Waals surface area contributed by atoms with E-state index in [2.05, 4.69) is 15.9 Å². The highest BCUT2D eigenvalue weighted by atomic mass is 79.9. The second kappa shape index (κ2) is 4.42. The molecular formula is C9H4BrClF3N. The van der Waals surface area contributed by atoms with E-state index in [-0.39, 0.29) is 21.5 Å². The molecule has 0 radical (unpaired) electrons. The van der Waals surface area contributed by atoms with Gasteiger partial charge in [-0.2, -0.15) is 18.4 Å². The summed E-state index contributed by atoms with van der Waals surface area (Å²) in [6.07, 6.45) is -4.62. The minimum Gasteiger partial charge on any atom is -0.198 e. The van der Waals surface area contributed by atoms with E-state index in [9.17, 15) is 13.2 Å². The van der Waals surface area contributed by atoms with Crippen molar-refractivity contribution in [3.8, 4) is 6.07 Å². The van der Waals surface area contributed by atoms with Crippen molar-refractivity contribution in [1.29, 1.82) is 5.26 Å². The Hall–Kier alpha value is -0.730. The number of rotatable bonds is 1. The maximum absolute atomic E-state index is 12.5. The van der Waals surface area contributed by atoms with Crippen LogP contribution < -0.4 is 0 Å². The zero-order chi connectivity index (χ0) is 11.6. The molecule has 0 amide bonds. The summed E-state index contributed by atoms with van der Waals surface area (Å²) >= 11 is 8.27. The number of hydrogen-bond donors (Lipinski definition) is 0. The van der Waals surface area contributed by atoms with Crippen LogP contribution in [-0.2, 0) is 12.6 Å². The van der Waals surface area contributed by atoms with E-state index in [0.717, 1.165) is 6.07 Å². The molecule has 1 nitrogen and oxygen atoms in total. The van der Waals surface area contributed by atoms with Crippen molar-refractivity contribution < 1.29 is 13.2 Å². The first-order chi connectivity index (χ1) is 6.88. The van der Waals surface area contributed by atoms with E-state index in [0.29, 0.717) is 0 Å². The van der Waals surface area contributed by atoms with Crippen molar-refractivity contribution in [2.45, 2.75) is 12.6 Å². The van der Waals surface area contributed by atoms with E-state index in [1.165, 1.54) is 6.07 Å². The van der Waals surface area contributed by atoms with Gasteiger partial charge in [0.1, 0.15) is 0 Å². The molecule has 6 heteroatoms. The maximum Gasteiger partial charge on any atom is 0.418 e. The second-order valence-corrected chi connectivity index (χ2v) is 3.93. The third kappa shape index (κ3) is 2.64. The van der Waals surface area contributed by atoms with Gasteiger partial charge in [-0.3, -0.25) is 0 Å². The van der Waals surface area contributed by atoms with Crippen LogP contribution in [0.2, 0.25) is 5.02 Å². The Morgan fingerprint density at radius 2 is 2.00 bits per heavy atom. The number of alkyl halides is 3. The summed E-state index contributed by atoms with van der Waals surface area (Å²) in [5, 5.41) is 8.04. The molecule has 0 aliphatic rings. The quantitative estimate of drug-likeness (QED) is 0.762. The molecule has 0 fully saturated rings. The van der Waals surface area contributed by atoms with E-state index >= 15 is 0 Å². The molecule has 1 aromatic carbocycles. The highest BCUT2D eigenvalue weighted by Crippen LogP contribution is 2.41. The lowest BCUT2D eigenvalue weighted by Crippen LogP contribution is -2.08. The monoisotopic (exact) mass is 297 g/mol. The highest BCUT2D eigenvalue weighted by molar-refractivity contribution is 9.10. The van der Waals surface area contributed by atoms with Crippen LogP contribution in [0.5, 0.6) is 0 Å². The zero-order valence-electron chi connectivity index (χ0n) is 7.20. The first kappa shape index (κ1) is 12.3. The average molecular weight is 298 g/mol. The van der Waals surface area contributed by atoms with Crippen LogP contribution in [0, 0.1) is 11.3 Å². The first-order valence-corrected chi connectivity index (χ1v) is 4.96. The molecule has 1 rings (SSSR count). The summed E-state index contributed by atoms with van der Waals surface area (Å²) in [6.45, 7) is 0. The van der Waals surface area contributed by atoms with Gasteiger partial charge in [-0.15, -0.1) is 0 Å². The molecule has 0 aliphatic carbocycles. The molecule has 80 valence electrons. The molecule has 0 bridgehead atoms. The number of benzene rings is 1. The van der Waals surface area contributed by atoms with E-state index < -0.39 is 11.7 Å². The molecule has 0 N–H and O–H groups in total. The largest absolute Gasteiger partial charge is 0.418 e. The Labute approximate surface area is 97.6 Å². The van der Waals surface area contributed by atoms with Crippen LogP contribution in [0.3, 0.4) is 0 Å². The van der Waals surface area contributed by atoms with Gasteiger partial charge in [-0.25, -0.2) is 0 Å². The second-order valence-electron chi connectivity index (χ2n) is 2.73. The zero-order valence-corrected chi connectivity index (χ0v) is 9.54. The van der Waals surface area contributed by atoms with E-state index in [4.69, 9.17) is 16.9 Å². The Bertz CT molecular complexity index is 423. The summed E-state index contributed by atoms with van der Waals surface area (Å²) < 4.78 is 37.4. The Morgan fingerprint density at radius 1 is 1.40 bits per heavy atom. The van der Waals surface area contributed by atoms with Gasteiger partial charge >= 0.3 is 6.18 Å². The van der Waals surface area contributed by atoms with Crippen LogP contribution >= 0.6 is 27.5 Å². The number of halogens is 5. The molecule has 0 saturated heterocycles. The predicted molar refractivity (Wildman–Crippen MR) is 53.5 cm³/mol. The Balaban J connectivity index is 3.38. The summed E-state index contributed by atoms with van der Waals surface area (Å²) in [4.78, 5) is 0. The molecular weight excluding hydrogens is 294 g/mol. The van der Waals surface area contributed by atoms with Crippen LogP contribution in [0.4, 0.5) is 13.2 Å². The predicted octanol–water partition coefficient (Wildman–Crippen LogP) is 4.19. The van der Waals surface area contributed by atoms with Crippen LogP contribution in [0.1, 0.15) is 11.1 Å². The van der Waals surface area contributed by atoms with Gasteiger partial charge in [0.15, 0.2) is 0 Å². The van der Waals surface area contributed by atoms with E-state index in [1.54, 1.807) is 6.07 Å². The fourth-order valence-corrected chi connectivity index (χ4v) is 2.17. The fraction of sp³-hybridized carbons (Fsp3) is 0.222. The van der Waals surface area contributed by atoms with Gasteiger partial charge in [-0.05, 0) is 27.6 Å². The van der Waals surface area contributed by atoms with E-state index in [1.807, 2.05) is 0 Å². The standard InChI is InChI=1S/C9H4BrClF3N/c10-8-5(3-4-15)1-2-6(11)7(8)9(12,13)14/h1-2H,3H2. The maximum atomic E-state index is 12.5. The van der Waals surface area contributed by atoms with Crippen molar-refractivity contribution in [1.82, 2.24) is 0 Å². The molecule has 0 aliphatic heterocycles. The van der Waals surface area contributed by atoms with Gasteiger partial charge in [0.05, 0.1) is 23.1 Å². The average Bonchev–Trinajstić information content (AvgIpc) is 2.08. The topological polar surface area (TPSA) is 23.8 Å². The Morgan fingerprint density at radius 3 is 2.47 bits per heavy atom. The summed E-state index contributed by atoms with van der Waals surface area (Å²) in [7, 11) is 0. The molecule has 0 heterocycles. The van der Waals surface area contributed by atoms with Gasteiger partial charge in [0.2, 0.25) is 0 Å². The third-order valence-corrected chi connectivity index (χ3v) is 2.94. The fourth-order valence-electron chi connectivity index (χ4n) is 1.08. The van der Waals surface area contributed by atoms with Gasteiger partial charge in [-0.1, -0.05) is 17.7 Å². The molecule has 0 aromatic heterocycles. The lowest BCUT2D eigenvalue weighted by molar-refractivity contribution is -0.138. The number of nitrogens with zero attached hydrogens (tertiary/aromatic N) is 1. The van der Waals surface area contributed by atoms with Crippen molar-refractivity contribution in [3.63, 3.8) is 0 Å². The van der Waals surface area contributed by atoms with Crippen molar-refractivity contribution in [2.24, 2.45) is 0 Å². The van der Waals surface area contributed by atoms with Gasteiger partial charge < -0.3 is 0 Å². The third-order valence-electron chi connectivity index (χ3n) is 1.72. The molecule has 0 spiro atoms. The van der Waals surface area contributed by atoms with Gasteiger partial charge in [0, 0.05) is 4.47 Å². The number of nitriles is 1. The molecule has 15 heavy (non-hydrogen) atoms. The molecule has 0 unspecified atom stereocenters. The lowest BCUT2D eigenvalue weighted by atomic mass is 10.1. The Kier molecular flexibility index (Phi) is 3.63. The highest BCUT2D eigenvalue weighted by Gasteiger charge is 2.36.